The third-order valence-corrected chi connectivity index (χ3v) is 3.91. The van der Waals surface area contributed by atoms with E-state index in [2.05, 4.69) is 5.32 Å². The maximum absolute atomic E-state index is 11.7. The molecule has 1 aliphatic carbocycles. The Kier molecular flexibility index (Phi) is 7.29. The van der Waals surface area contributed by atoms with Gasteiger partial charge in [-0.15, -0.1) is 12.4 Å². The van der Waals surface area contributed by atoms with Gasteiger partial charge in [0.1, 0.15) is 5.75 Å². The zero-order chi connectivity index (χ0) is 14.5. The average molecular weight is 333 g/mol. The molecule has 3 N–H and O–H groups in total. The lowest BCUT2D eigenvalue weighted by atomic mass is 10.1. The number of benzene rings is 1. The lowest BCUT2D eigenvalue weighted by molar-refractivity contribution is -0.121. The minimum atomic E-state index is 0. The van der Waals surface area contributed by atoms with Crippen molar-refractivity contribution in [3.8, 4) is 5.75 Å². The van der Waals surface area contributed by atoms with Gasteiger partial charge < -0.3 is 15.8 Å². The van der Waals surface area contributed by atoms with Crippen LogP contribution in [-0.2, 0) is 11.2 Å². The van der Waals surface area contributed by atoms with Crippen LogP contribution < -0.4 is 15.8 Å². The Hall–Kier alpha value is -0.970. The van der Waals surface area contributed by atoms with Crippen LogP contribution in [-0.4, -0.2) is 25.6 Å². The van der Waals surface area contributed by atoms with E-state index >= 15 is 0 Å². The molecule has 118 valence electrons. The first-order chi connectivity index (χ1) is 9.60. The fourth-order valence-electron chi connectivity index (χ4n) is 2.13. The van der Waals surface area contributed by atoms with E-state index in [4.69, 9.17) is 22.1 Å². The van der Waals surface area contributed by atoms with Gasteiger partial charge in [0.05, 0.1) is 12.1 Å². The summed E-state index contributed by atoms with van der Waals surface area (Å²) in [5.41, 5.74) is 6.97. The molecular weight excluding hydrogens is 311 g/mol. The SMILES string of the molecule is COc1ccc(CCC(=O)NCC(N)C2CC2)cc1Cl.Cl. The van der Waals surface area contributed by atoms with Crippen molar-refractivity contribution in [1.82, 2.24) is 5.32 Å². The average Bonchev–Trinajstić information content (AvgIpc) is 3.27. The molecular formula is C15H22Cl2N2O2. The Labute approximate surface area is 136 Å². The molecule has 0 radical (unpaired) electrons. The molecule has 0 heterocycles. The highest BCUT2D eigenvalue weighted by molar-refractivity contribution is 6.32. The zero-order valence-corrected chi connectivity index (χ0v) is 13.7. The topological polar surface area (TPSA) is 64.3 Å². The third-order valence-electron chi connectivity index (χ3n) is 3.62. The summed E-state index contributed by atoms with van der Waals surface area (Å²) in [6.07, 6.45) is 3.50. The number of ether oxygens (including phenoxy) is 1. The van der Waals surface area contributed by atoms with Crippen molar-refractivity contribution >= 4 is 29.9 Å². The Morgan fingerprint density at radius 3 is 2.81 bits per heavy atom. The van der Waals surface area contributed by atoms with Gasteiger partial charge in [-0.3, -0.25) is 4.79 Å². The summed E-state index contributed by atoms with van der Waals surface area (Å²) < 4.78 is 5.09. The molecule has 0 bridgehead atoms. The molecule has 0 spiro atoms. The molecule has 0 aromatic heterocycles. The van der Waals surface area contributed by atoms with Gasteiger partial charge in [0.2, 0.25) is 5.91 Å². The zero-order valence-electron chi connectivity index (χ0n) is 12.1. The second kappa shape index (κ2) is 8.47. The van der Waals surface area contributed by atoms with Crippen LogP contribution in [0.15, 0.2) is 18.2 Å². The predicted molar refractivity (Wildman–Crippen MR) is 87.3 cm³/mol. The van der Waals surface area contributed by atoms with Gasteiger partial charge in [0, 0.05) is 19.0 Å². The predicted octanol–water partition coefficient (Wildman–Crippen LogP) is 2.56. The largest absolute Gasteiger partial charge is 0.495 e. The molecule has 21 heavy (non-hydrogen) atoms. The van der Waals surface area contributed by atoms with Crippen molar-refractivity contribution in [2.45, 2.75) is 31.7 Å². The number of methoxy groups -OCH3 is 1. The lowest BCUT2D eigenvalue weighted by Gasteiger charge is -2.11. The lowest BCUT2D eigenvalue weighted by Crippen LogP contribution is -2.38. The number of aryl methyl sites for hydroxylation is 1. The molecule has 1 unspecified atom stereocenters. The molecule has 1 saturated carbocycles. The highest BCUT2D eigenvalue weighted by atomic mass is 35.5. The van der Waals surface area contributed by atoms with Crippen LogP contribution in [0.25, 0.3) is 0 Å². The van der Waals surface area contributed by atoms with Gasteiger partial charge in [-0.2, -0.15) is 0 Å². The first-order valence-corrected chi connectivity index (χ1v) is 7.32. The highest BCUT2D eigenvalue weighted by Crippen LogP contribution is 2.31. The van der Waals surface area contributed by atoms with Crippen LogP contribution in [0.4, 0.5) is 0 Å². The molecule has 1 fully saturated rings. The second-order valence-electron chi connectivity index (χ2n) is 5.27. The number of hydrogen-bond acceptors (Lipinski definition) is 3. The Morgan fingerprint density at radius 2 is 2.24 bits per heavy atom. The maximum Gasteiger partial charge on any atom is 0.220 e. The van der Waals surface area contributed by atoms with E-state index in [9.17, 15) is 4.79 Å². The van der Waals surface area contributed by atoms with Gasteiger partial charge in [-0.25, -0.2) is 0 Å². The number of carbonyl (C=O) groups is 1. The van der Waals surface area contributed by atoms with Gasteiger partial charge in [-0.05, 0) is 42.9 Å². The number of amides is 1. The van der Waals surface area contributed by atoms with Crippen LogP contribution in [0.2, 0.25) is 5.02 Å². The Balaban J connectivity index is 0.00000220. The molecule has 1 amide bonds. The van der Waals surface area contributed by atoms with Gasteiger partial charge in [-0.1, -0.05) is 17.7 Å². The molecule has 1 aromatic carbocycles. The van der Waals surface area contributed by atoms with Crippen molar-refractivity contribution in [3.63, 3.8) is 0 Å². The van der Waals surface area contributed by atoms with E-state index in [0.717, 1.165) is 5.56 Å². The molecule has 6 heteroatoms. The van der Waals surface area contributed by atoms with Crippen molar-refractivity contribution in [1.29, 1.82) is 0 Å². The highest BCUT2D eigenvalue weighted by Gasteiger charge is 2.28. The van der Waals surface area contributed by atoms with Crippen LogP contribution in [0.5, 0.6) is 5.75 Å². The molecule has 2 rings (SSSR count). The van der Waals surface area contributed by atoms with Gasteiger partial charge >= 0.3 is 0 Å². The van der Waals surface area contributed by atoms with Crippen molar-refractivity contribution < 1.29 is 9.53 Å². The Morgan fingerprint density at radius 1 is 1.52 bits per heavy atom. The summed E-state index contributed by atoms with van der Waals surface area (Å²) >= 11 is 6.05. The third kappa shape index (κ3) is 5.73. The minimum Gasteiger partial charge on any atom is -0.495 e. The minimum absolute atomic E-state index is 0. The number of nitrogens with two attached hydrogens (primary N) is 1. The van der Waals surface area contributed by atoms with Crippen molar-refractivity contribution in [2.24, 2.45) is 11.7 Å². The van der Waals surface area contributed by atoms with Crippen LogP contribution in [0.3, 0.4) is 0 Å². The van der Waals surface area contributed by atoms with Crippen LogP contribution >= 0.6 is 24.0 Å². The summed E-state index contributed by atoms with van der Waals surface area (Å²) in [6.45, 7) is 0.576. The van der Waals surface area contributed by atoms with E-state index in [1.165, 1.54) is 12.8 Å². The fourth-order valence-corrected chi connectivity index (χ4v) is 2.41. The summed E-state index contributed by atoms with van der Waals surface area (Å²) in [7, 11) is 1.58. The monoisotopic (exact) mass is 332 g/mol. The van der Waals surface area contributed by atoms with E-state index in [1.807, 2.05) is 18.2 Å². The number of halogens is 2. The van der Waals surface area contributed by atoms with Gasteiger partial charge in [0.15, 0.2) is 0 Å². The molecule has 4 nitrogen and oxygen atoms in total. The molecule has 1 aromatic rings. The number of carbonyl (C=O) groups excluding carboxylic acids is 1. The van der Waals surface area contributed by atoms with E-state index in [-0.39, 0.29) is 24.4 Å². The first-order valence-electron chi connectivity index (χ1n) is 6.95. The summed E-state index contributed by atoms with van der Waals surface area (Å²) in [5.74, 6) is 1.29. The normalized spacial score (nSPS) is 15.0. The quantitative estimate of drug-likeness (QED) is 0.806. The summed E-state index contributed by atoms with van der Waals surface area (Å²) in [4.78, 5) is 11.7. The van der Waals surface area contributed by atoms with Crippen LogP contribution in [0, 0.1) is 5.92 Å². The van der Waals surface area contributed by atoms with Crippen molar-refractivity contribution in [2.75, 3.05) is 13.7 Å². The first kappa shape index (κ1) is 18.1. The summed E-state index contributed by atoms with van der Waals surface area (Å²) in [5, 5.41) is 3.46. The van der Waals surface area contributed by atoms with E-state index in [0.29, 0.717) is 36.1 Å². The summed E-state index contributed by atoms with van der Waals surface area (Å²) in [6, 6.07) is 5.69. The molecule has 0 aliphatic heterocycles. The molecule has 0 saturated heterocycles. The maximum atomic E-state index is 11.7. The van der Waals surface area contributed by atoms with E-state index in [1.54, 1.807) is 7.11 Å². The standard InChI is InChI=1S/C15H21ClN2O2.ClH/c1-20-14-6-2-10(8-12(14)16)3-7-15(19)18-9-13(17)11-4-5-11;/h2,6,8,11,13H,3-5,7,9,17H2,1H3,(H,18,19);1H. The van der Waals surface area contributed by atoms with Crippen molar-refractivity contribution in [3.05, 3.63) is 28.8 Å². The molecule has 1 aliphatic rings. The smallest absolute Gasteiger partial charge is 0.220 e. The van der Waals surface area contributed by atoms with E-state index < -0.39 is 0 Å². The molecule has 1 atom stereocenters. The number of nitrogens with one attached hydrogen (secondary N) is 1. The van der Waals surface area contributed by atoms with Gasteiger partial charge in [0.25, 0.3) is 0 Å². The fraction of sp³-hybridized carbons (Fsp3) is 0.533. The number of hydrogen-bond donors (Lipinski definition) is 2. The Bertz CT molecular complexity index is 479. The van der Waals surface area contributed by atoms with Crippen LogP contribution in [0.1, 0.15) is 24.8 Å². The second-order valence-corrected chi connectivity index (χ2v) is 5.68. The number of rotatable bonds is 7.